The van der Waals surface area contributed by atoms with Crippen molar-refractivity contribution in [3.8, 4) is 5.75 Å². The highest BCUT2D eigenvalue weighted by molar-refractivity contribution is 7.92. The Bertz CT molecular complexity index is 1070. The minimum atomic E-state index is -3.80. The zero-order valence-electron chi connectivity index (χ0n) is 16.5. The van der Waals surface area contributed by atoms with E-state index < -0.39 is 27.7 Å². The molecule has 1 aliphatic heterocycles. The predicted octanol–water partition coefficient (Wildman–Crippen LogP) is 2.63. The predicted molar refractivity (Wildman–Crippen MR) is 108 cm³/mol. The number of rotatable bonds is 6. The number of ether oxygens (including phenoxy) is 3. The van der Waals surface area contributed by atoms with Crippen molar-refractivity contribution in [2.24, 2.45) is 0 Å². The molecule has 1 aliphatic rings. The van der Waals surface area contributed by atoms with E-state index in [4.69, 9.17) is 14.2 Å². The highest BCUT2D eigenvalue weighted by atomic mass is 32.2. The summed E-state index contributed by atoms with van der Waals surface area (Å²) in [4.78, 5) is 23.9. The van der Waals surface area contributed by atoms with E-state index in [1.807, 2.05) is 0 Å². The molecular weight excluding hydrogens is 412 g/mol. The molecule has 1 heterocycles. The van der Waals surface area contributed by atoms with Crippen LogP contribution in [0.25, 0.3) is 0 Å². The monoisotopic (exact) mass is 432 g/mol. The Morgan fingerprint density at radius 1 is 0.900 bits per heavy atom. The van der Waals surface area contributed by atoms with E-state index in [0.717, 1.165) is 6.20 Å². The fraction of sp³-hybridized carbons (Fsp3) is 0.200. The summed E-state index contributed by atoms with van der Waals surface area (Å²) in [5.74, 6) is -2.34. The lowest BCUT2D eigenvalue weighted by Gasteiger charge is -2.29. The van der Waals surface area contributed by atoms with Crippen LogP contribution < -0.4 is 14.8 Å². The first-order chi connectivity index (χ1) is 14.1. The number of cyclic esters (lactones) is 2. The van der Waals surface area contributed by atoms with Crippen molar-refractivity contribution in [3.63, 3.8) is 0 Å². The van der Waals surface area contributed by atoms with E-state index in [0.29, 0.717) is 17.1 Å². The Morgan fingerprint density at radius 2 is 1.43 bits per heavy atom. The molecule has 30 heavy (non-hydrogen) atoms. The number of hydrogen-bond acceptors (Lipinski definition) is 8. The van der Waals surface area contributed by atoms with Crippen LogP contribution in [0.4, 0.5) is 11.4 Å². The number of methoxy groups -OCH3 is 1. The maximum atomic E-state index is 12.5. The molecule has 2 aromatic carbocycles. The number of esters is 2. The van der Waals surface area contributed by atoms with Gasteiger partial charge >= 0.3 is 11.9 Å². The van der Waals surface area contributed by atoms with Gasteiger partial charge in [0.05, 0.1) is 12.0 Å². The van der Waals surface area contributed by atoms with Gasteiger partial charge in [0.1, 0.15) is 5.75 Å². The lowest BCUT2D eigenvalue weighted by atomic mass is 10.2. The van der Waals surface area contributed by atoms with Gasteiger partial charge in [0, 0.05) is 31.4 Å². The normalized spacial score (nSPS) is 15.6. The summed E-state index contributed by atoms with van der Waals surface area (Å²) < 4.78 is 42.5. The standard InChI is InChI=1S/C20H20N2O7S/c1-20(2)28-18(23)17(19(24)29-20)12-21-13-6-10-16(11-7-13)30(25,26)22-14-4-8-15(27-3)9-5-14/h4-12,21-22H,1-3H3. The fourth-order valence-electron chi connectivity index (χ4n) is 2.54. The molecule has 2 aromatic rings. The summed E-state index contributed by atoms with van der Waals surface area (Å²) in [7, 11) is -2.28. The van der Waals surface area contributed by atoms with Crippen molar-refractivity contribution >= 4 is 33.3 Å². The van der Waals surface area contributed by atoms with Gasteiger partial charge in [0.25, 0.3) is 15.8 Å². The van der Waals surface area contributed by atoms with Gasteiger partial charge in [-0.2, -0.15) is 0 Å². The Hall–Kier alpha value is -3.53. The fourth-order valence-corrected chi connectivity index (χ4v) is 3.60. The molecule has 0 unspecified atom stereocenters. The molecule has 2 N–H and O–H groups in total. The van der Waals surface area contributed by atoms with Crippen LogP contribution in [-0.2, 0) is 29.1 Å². The summed E-state index contributed by atoms with van der Waals surface area (Å²) in [5.41, 5.74) is 0.545. The van der Waals surface area contributed by atoms with Gasteiger partial charge in [-0.05, 0) is 48.5 Å². The molecule has 0 aromatic heterocycles. The number of nitrogens with one attached hydrogen (secondary N) is 2. The van der Waals surface area contributed by atoms with E-state index in [9.17, 15) is 18.0 Å². The molecule has 0 bridgehead atoms. The van der Waals surface area contributed by atoms with Crippen LogP contribution in [0, 0.1) is 0 Å². The first kappa shape index (κ1) is 21.2. The molecule has 3 rings (SSSR count). The summed E-state index contributed by atoms with van der Waals surface area (Å²) in [6.07, 6.45) is 1.15. The zero-order valence-corrected chi connectivity index (χ0v) is 17.3. The van der Waals surface area contributed by atoms with E-state index in [1.165, 1.54) is 45.2 Å². The Balaban J connectivity index is 1.69. The molecule has 10 heteroatoms. The third-order valence-electron chi connectivity index (χ3n) is 4.01. The van der Waals surface area contributed by atoms with Gasteiger partial charge in [-0.3, -0.25) is 4.72 Å². The molecule has 0 radical (unpaired) electrons. The quantitative estimate of drug-likeness (QED) is 0.406. The summed E-state index contributed by atoms with van der Waals surface area (Å²) in [6, 6.07) is 12.2. The van der Waals surface area contributed by atoms with Crippen LogP contribution in [0.15, 0.2) is 65.2 Å². The molecule has 158 valence electrons. The molecule has 0 aliphatic carbocycles. The van der Waals surface area contributed by atoms with Crippen molar-refractivity contribution in [1.29, 1.82) is 0 Å². The van der Waals surface area contributed by atoms with E-state index >= 15 is 0 Å². The van der Waals surface area contributed by atoms with Gasteiger partial charge in [-0.25, -0.2) is 18.0 Å². The van der Waals surface area contributed by atoms with E-state index in [-0.39, 0.29) is 10.5 Å². The number of carbonyl (C=O) groups excluding carboxylic acids is 2. The number of carbonyl (C=O) groups is 2. The van der Waals surface area contributed by atoms with Crippen LogP contribution >= 0.6 is 0 Å². The molecule has 9 nitrogen and oxygen atoms in total. The number of sulfonamides is 1. The van der Waals surface area contributed by atoms with Gasteiger partial charge in [0.15, 0.2) is 5.57 Å². The van der Waals surface area contributed by atoms with Crippen molar-refractivity contribution in [3.05, 3.63) is 60.3 Å². The lowest BCUT2D eigenvalue weighted by Crippen LogP contribution is -2.42. The Kier molecular flexibility index (Phi) is 5.70. The molecule has 0 atom stereocenters. The molecule has 0 spiro atoms. The van der Waals surface area contributed by atoms with Gasteiger partial charge in [0.2, 0.25) is 0 Å². The largest absolute Gasteiger partial charge is 0.497 e. The minimum Gasteiger partial charge on any atom is -0.497 e. The van der Waals surface area contributed by atoms with Crippen molar-refractivity contribution in [2.75, 3.05) is 17.1 Å². The maximum absolute atomic E-state index is 12.5. The lowest BCUT2D eigenvalue weighted by molar-refractivity contribution is -0.222. The second kappa shape index (κ2) is 8.07. The second-order valence-corrected chi connectivity index (χ2v) is 8.42. The van der Waals surface area contributed by atoms with Crippen LogP contribution in [-0.4, -0.2) is 33.3 Å². The molecule has 0 saturated carbocycles. The Labute approximate surface area is 173 Å². The molecule has 1 saturated heterocycles. The number of hydrogen-bond donors (Lipinski definition) is 2. The topological polar surface area (TPSA) is 120 Å². The van der Waals surface area contributed by atoms with Gasteiger partial charge in [-0.1, -0.05) is 0 Å². The van der Waals surface area contributed by atoms with Gasteiger partial charge in [-0.15, -0.1) is 0 Å². The van der Waals surface area contributed by atoms with E-state index in [2.05, 4.69) is 10.0 Å². The van der Waals surface area contributed by atoms with E-state index in [1.54, 1.807) is 24.3 Å². The summed E-state index contributed by atoms with van der Waals surface area (Å²) in [6.45, 7) is 2.90. The van der Waals surface area contributed by atoms with Crippen molar-refractivity contribution in [2.45, 2.75) is 24.5 Å². The third-order valence-corrected chi connectivity index (χ3v) is 5.40. The summed E-state index contributed by atoms with van der Waals surface area (Å²) >= 11 is 0. The smallest absolute Gasteiger partial charge is 0.350 e. The first-order valence-electron chi connectivity index (χ1n) is 8.80. The van der Waals surface area contributed by atoms with Gasteiger partial charge < -0.3 is 19.5 Å². The summed E-state index contributed by atoms with van der Waals surface area (Å²) in [5, 5.41) is 2.75. The van der Waals surface area contributed by atoms with Crippen LogP contribution in [0.3, 0.4) is 0 Å². The van der Waals surface area contributed by atoms with Crippen molar-refractivity contribution in [1.82, 2.24) is 0 Å². The average Bonchev–Trinajstić information content (AvgIpc) is 2.67. The van der Waals surface area contributed by atoms with Crippen LogP contribution in [0.2, 0.25) is 0 Å². The highest BCUT2D eigenvalue weighted by Gasteiger charge is 2.38. The van der Waals surface area contributed by atoms with Crippen LogP contribution in [0.1, 0.15) is 13.8 Å². The number of anilines is 2. The highest BCUT2D eigenvalue weighted by Crippen LogP contribution is 2.23. The van der Waals surface area contributed by atoms with Crippen LogP contribution in [0.5, 0.6) is 5.75 Å². The first-order valence-corrected chi connectivity index (χ1v) is 10.3. The van der Waals surface area contributed by atoms with Crippen molar-refractivity contribution < 1.29 is 32.2 Å². The second-order valence-electron chi connectivity index (χ2n) is 6.74. The molecule has 0 amide bonds. The SMILES string of the molecule is COc1ccc(NS(=O)(=O)c2ccc(NC=C3C(=O)OC(C)(C)OC3=O)cc2)cc1. The molecular formula is C20H20N2O7S. The Morgan fingerprint density at radius 3 is 1.97 bits per heavy atom. The maximum Gasteiger partial charge on any atom is 0.350 e. The minimum absolute atomic E-state index is 0.0368. The zero-order chi connectivity index (χ0) is 21.9. The molecule has 1 fully saturated rings. The average molecular weight is 432 g/mol. The third kappa shape index (κ3) is 4.90. The number of benzene rings is 2.